The van der Waals surface area contributed by atoms with Gasteiger partial charge in [-0.2, -0.15) is 0 Å². The highest BCUT2D eigenvalue weighted by atomic mass is 32.2. The summed E-state index contributed by atoms with van der Waals surface area (Å²) in [6, 6.07) is 2.67. The van der Waals surface area contributed by atoms with E-state index in [1.807, 2.05) is 0 Å². The number of nitrogens with zero attached hydrogens (tertiary/aromatic N) is 1. The molecule has 1 unspecified atom stereocenters. The normalized spacial score (nSPS) is 12.7. The summed E-state index contributed by atoms with van der Waals surface area (Å²) in [6.07, 6.45) is 1.04. The van der Waals surface area contributed by atoms with Crippen LogP contribution in [0.2, 0.25) is 0 Å². The number of sulfone groups is 1. The number of nitro groups is 1. The van der Waals surface area contributed by atoms with Crippen molar-refractivity contribution in [2.24, 2.45) is 0 Å². The largest absolute Gasteiger partial charge is 0.480 e. The van der Waals surface area contributed by atoms with Crippen molar-refractivity contribution in [1.82, 2.24) is 0 Å². The minimum Gasteiger partial charge on any atom is -0.480 e. The smallest absolute Gasteiger partial charge is 0.326 e. The van der Waals surface area contributed by atoms with E-state index in [0.717, 1.165) is 12.3 Å². The van der Waals surface area contributed by atoms with Gasteiger partial charge < -0.3 is 10.4 Å². The van der Waals surface area contributed by atoms with Gasteiger partial charge in [0, 0.05) is 6.26 Å². The molecule has 1 atom stereocenters. The van der Waals surface area contributed by atoms with E-state index in [1.165, 1.54) is 12.1 Å². The molecule has 9 heteroatoms. The number of carboxylic acid groups (broad SMARTS) is 1. The van der Waals surface area contributed by atoms with Gasteiger partial charge in [0.2, 0.25) is 0 Å². The first-order valence-corrected chi connectivity index (χ1v) is 7.54. The summed E-state index contributed by atoms with van der Waals surface area (Å²) in [6.45, 7) is 1.60. The van der Waals surface area contributed by atoms with Crippen molar-refractivity contribution >= 4 is 27.2 Å². The third-order valence-electron chi connectivity index (χ3n) is 2.62. The number of nitrogens with one attached hydrogen (secondary N) is 1. The van der Waals surface area contributed by atoms with E-state index in [2.05, 4.69) is 5.32 Å². The van der Waals surface area contributed by atoms with Gasteiger partial charge in [0.25, 0.3) is 0 Å². The second kappa shape index (κ2) is 5.87. The fourth-order valence-corrected chi connectivity index (χ4v) is 2.51. The van der Waals surface area contributed by atoms with Gasteiger partial charge in [-0.25, -0.2) is 13.2 Å². The summed E-state index contributed by atoms with van der Waals surface area (Å²) in [7, 11) is -3.79. The summed E-state index contributed by atoms with van der Waals surface area (Å²) in [5, 5.41) is 22.5. The van der Waals surface area contributed by atoms with Crippen molar-refractivity contribution in [3.63, 3.8) is 0 Å². The van der Waals surface area contributed by atoms with Gasteiger partial charge in [0.15, 0.2) is 9.84 Å². The van der Waals surface area contributed by atoms with Crippen molar-refractivity contribution < 1.29 is 23.2 Å². The molecule has 110 valence electrons. The molecule has 0 aliphatic heterocycles. The molecule has 1 aromatic rings. The van der Waals surface area contributed by atoms with Crippen LogP contribution in [0.4, 0.5) is 11.4 Å². The van der Waals surface area contributed by atoms with E-state index in [0.29, 0.717) is 0 Å². The Morgan fingerprint density at radius 1 is 1.50 bits per heavy atom. The molecule has 0 bridgehead atoms. The first kappa shape index (κ1) is 15.9. The zero-order valence-electron chi connectivity index (χ0n) is 10.9. The SMILES string of the molecule is CCC(Nc1cccc(S(C)(=O)=O)c1[N+](=O)[O-])C(=O)O. The second-order valence-electron chi connectivity index (χ2n) is 4.13. The quantitative estimate of drug-likeness (QED) is 0.598. The molecule has 0 radical (unpaired) electrons. The third kappa shape index (κ3) is 3.44. The Morgan fingerprint density at radius 2 is 2.10 bits per heavy atom. The Labute approximate surface area is 115 Å². The molecule has 0 aliphatic rings. The molecule has 8 nitrogen and oxygen atoms in total. The second-order valence-corrected chi connectivity index (χ2v) is 6.11. The first-order chi connectivity index (χ1) is 9.18. The van der Waals surface area contributed by atoms with Crippen LogP contribution >= 0.6 is 0 Å². The highest BCUT2D eigenvalue weighted by Crippen LogP contribution is 2.32. The van der Waals surface area contributed by atoms with Gasteiger partial charge in [-0.15, -0.1) is 0 Å². The number of carboxylic acids is 1. The summed E-state index contributed by atoms with van der Waals surface area (Å²) in [5.41, 5.74) is -0.776. The molecule has 0 amide bonds. The van der Waals surface area contributed by atoms with E-state index < -0.39 is 37.4 Å². The number of hydrogen-bond donors (Lipinski definition) is 2. The summed E-state index contributed by atoms with van der Waals surface area (Å²) < 4.78 is 23.1. The maximum atomic E-state index is 11.6. The molecule has 0 aliphatic carbocycles. The average Bonchev–Trinajstić information content (AvgIpc) is 2.33. The molecular weight excluding hydrogens is 288 g/mol. The zero-order valence-corrected chi connectivity index (χ0v) is 11.7. The van der Waals surface area contributed by atoms with Gasteiger partial charge in [-0.1, -0.05) is 13.0 Å². The lowest BCUT2D eigenvalue weighted by Crippen LogP contribution is -2.28. The third-order valence-corrected chi connectivity index (χ3v) is 3.75. The predicted octanol–water partition coefficient (Wildman–Crippen LogP) is 1.27. The van der Waals surface area contributed by atoms with E-state index in [1.54, 1.807) is 6.92 Å². The van der Waals surface area contributed by atoms with Gasteiger partial charge in [0.05, 0.1) is 4.92 Å². The van der Waals surface area contributed by atoms with Crippen molar-refractivity contribution in [2.75, 3.05) is 11.6 Å². The van der Waals surface area contributed by atoms with Gasteiger partial charge in [0.1, 0.15) is 16.6 Å². The van der Waals surface area contributed by atoms with Crippen LogP contribution in [-0.4, -0.2) is 36.7 Å². The minimum atomic E-state index is -3.79. The van der Waals surface area contributed by atoms with Crippen LogP contribution in [0.5, 0.6) is 0 Å². The fraction of sp³-hybridized carbons (Fsp3) is 0.364. The summed E-state index contributed by atoms with van der Waals surface area (Å²) in [4.78, 5) is 20.7. The molecule has 1 aromatic carbocycles. The van der Waals surface area contributed by atoms with Crippen LogP contribution in [0.25, 0.3) is 0 Å². The van der Waals surface area contributed by atoms with Crippen LogP contribution in [0, 0.1) is 10.1 Å². The lowest BCUT2D eigenvalue weighted by molar-refractivity contribution is -0.386. The first-order valence-electron chi connectivity index (χ1n) is 5.65. The molecular formula is C11H14N2O6S. The highest BCUT2D eigenvalue weighted by molar-refractivity contribution is 7.90. The minimum absolute atomic E-state index is 0.132. The molecule has 20 heavy (non-hydrogen) atoms. The summed E-state index contributed by atoms with van der Waals surface area (Å²) in [5.74, 6) is -1.17. The number of benzene rings is 1. The average molecular weight is 302 g/mol. The number of rotatable bonds is 6. The van der Waals surface area contributed by atoms with Crippen molar-refractivity contribution in [3.05, 3.63) is 28.3 Å². The zero-order chi connectivity index (χ0) is 15.5. The lowest BCUT2D eigenvalue weighted by Gasteiger charge is -2.14. The fourth-order valence-electron chi connectivity index (χ4n) is 1.65. The van der Waals surface area contributed by atoms with Crippen LogP contribution in [0.15, 0.2) is 23.1 Å². The van der Waals surface area contributed by atoms with Crippen LogP contribution in [0.3, 0.4) is 0 Å². The molecule has 0 spiro atoms. The predicted molar refractivity (Wildman–Crippen MR) is 71.5 cm³/mol. The number of aliphatic carboxylic acids is 1. The molecule has 1 rings (SSSR count). The van der Waals surface area contributed by atoms with E-state index in [4.69, 9.17) is 5.11 Å². The summed E-state index contributed by atoms with van der Waals surface area (Å²) >= 11 is 0. The standard InChI is InChI=1S/C11H14N2O6S/c1-3-7(11(14)15)12-8-5-4-6-9(20(2,18)19)10(8)13(16)17/h4-7,12H,3H2,1-2H3,(H,14,15). The molecule has 2 N–H and O–H groups in total. The van der Waals surface area contributed by atoms with E-state index in [9.17, 15) is 23.3 Å². The van der Waals surface area contributed by atoms with E-state index >= 15 is 0 Å². The van der Waals surface area contributed by atoms with Crippen LogP contribution in [0.1, 0.15) is 13.3 Å². The Balaban J connectivity index is 3.41. The number of hydrogen-bond acceptors (Lipinski definition) is 6. The van der Waals surface area contributed by atoms with Crippen molar-refractivity contribution in [3.8, 4) is 0 Å². The molecule has 0 aromatic heterocycles. The number of carbonyl (C=O) groups is 1. The Morgan fingerprint density at radius 3 is 2.50 bits per heavy atom. The monoisotopic (exact) mass is 302 g/mol. The Kier molecular flexibility index (Phi) is 4.66. The lowest BCUT2D eigenvalue weighted by atomic mass is 10.2. The van der Waals surface area contributed by atoms with Crippen molar-refractivity contribution in [2.45, 2.75) is 24.3 Å². The van der Waals surface area contributed by atoms with Crippen molar-refractivity contribution in [1.29, 1.82) is 0 Å². The number of nitro benzene ring substituents is 1. The van der Waals surface area contributed by atoms with E-state index in [-0.39, 0.29) is 12.1 Å². The Hall–Kier alpha value is -2.16. The van der Waals surface area contributed by atoms with Crippen LogP contribution < -0.4 is 5.32 Å². The maximum absolute atomic E-state index is 11.6. The molecule has 0 saturated heterocycles. The van der Waals surface area contributed by atoms with Gasteiger partial charge in [-0.3, -0.25) is 10.1 Å². The van der Waals surface area contributed by atoms with Gasteiger partial charge >= 0.3 is 11.7 Å². The Bertz CT molecular complexity index is 640. The molecule has 0 fully saturated rings. The maximum Gasteiger partial charge on any atom is 0.326 e. The topological polar surface area (TPSA) is 127 Å². The van der Waals surface area contributed by atoms with Gasteiger partial charge in [-0.05, 0) is 18.6 Å². The number of anilines is 1. The number of para-hydroxylation sites is 1. The molecule has 0 heterocycles. The van der Waals surface area contributed by atoms with Crippen LogP contribution in [-0.2, 0) is 14.6 Å². The highest BCUT2D eigenvalue weighted by Gasteiger charge is 2.28. The molecule has 0 saturated carbocycles.